The maximum absolute atomic E-state index is 12.5. The molecule has 1 heterocycles. The van der Waals surface area contributed by atoms with Crippen molar-refractivity contribution in [1.29, 1.82) is 0 Å². The Bertz CT molecular complexity index is 392. The van der Waals surface area contributed by atoms with Gasteiger partial charge in [0.05, 0.1) is 0 Å². The summed E-state index contributed by atoms with van der Waals surface area (Å²) in [6.07, 6.45) is -0.269. The van der Waals surface area contributed by atoms with Crippen LogP contribution in [0, 0.1) is 12.8 Å². The number of hydrogen-bond acceptors (Lipinski definition) is 2. The van der Waals surface area contributed by atoms with Gasteiger partial charge in [-0.1, -0.05) is 0 Å². The zero-order valence-corrected chi connectivity index (χ0v) is 8.93. The molecule has 0 bridgehead atoms. The van der Waals surface area contributed by atoms with Gasteiger partial charge in [-0.25, -0.2) is 8.78 Å². The molecule has 2 rings (SSSR count). The molecular formula is C11H13F2NO2. The summed E-state index contributed by atoms with van der Waals surface area (Å²) in [6, 6.07) is 3.26. The molecule has 1 amide bonds. The molecule has 1 aromatic heterocycles. The monoisotopic (exact) mass is 229 g/mol. The Kier molecular flexibility index (Phi) is 2.69. The van der Waals surface area contributed by atoms with Crippen LogP contribution in [-0.4, -0.2) is 18.4 Å². The fourth-order valence-corrected chi connectivity index (χ4v) is 1.81. The van der Waals surface area contributed by atoms with Crippen LogP contribution in [0.25, 0.3) is 0 Å². The maximum Gasteiger partial charge on any atom is 0.287 e. The molecule has 1 aliphatic carbocycles. The summed E-state index contributed by atoms with van der Waals surface area (Å²) in [5, 5.41) is 2.59. The summed E-state index contributed by atoms with van der Waals surface area (Å²) < 4.78 is 30.1. The molecule has 1 aromatic rings. The lowest BCUT2D eigenvalue weighted by molar-refractivity contribution is -0.108. The number of furan rings is 1. The molecule has 5 heteroatoms. The molecule has 1 aliphatic rings. The lowest BCUT2D eigenvalue weighted by Gasteiger charge is -2.34. The van der Waals surface area contributed by atoms with Crippen molar-refractivity contribution in [3.05, 3.63) is 23.7 Å². The normalized spacial score (nSPS) is 19.2. The zero-order chi connectivity index (χ0) is 11.8. The molecule has 0 radical (unpaired) electrons. The highest BCUT2D eigenvalue weighted by Gasteiger charge is 2.45. The van der Waals surface area contributed by atoms with Gasteiger partial charge in [0.1, 0.15) is 5.76 Å². The number of carbonyl (C=O) groups is 1. The summed E-state index contributed by atoms with van der Waals surface area (Å²) in [7, 11) is 0. The van der Waals surface area contributed by atoms with Crippen molar-refractivity contribution < 1.29 is 18.0 Å². The van der Waals surface area contributed by atoms with Crippen LogP contribution in [0.5, 0.6) is 0 Å². The van der Waals surface area contributed by atoms with E-state index in [9.17, 15) is 13.6 Å². The highest BCUT2D eigenvalue weighted by Crippen LogP contribution is 2.41. The van der Waals surface area contributed by atoms with E-state index in [1.165, 1.54) is 0 Å². The number of amides is 1. The Morgan fingerprint density at radius 2 is 2.25 bits per heavy atom. The molecule has 0 aromatic carbocycles. The van der Waals surface area contributed by atoms with Gasteiger partial charge in [0.25, 0.3) is 5.91 Å². The van der Waals surface area contributed by atoms with Gasteiger partial charge in [0.15, 0.2) is 5.76 Å². The molecule has 1 saturated carbocycles. The average Bonchev–Trinajstić information content (AvgIpc) is 2.57. The molecule has 0 atom stereocenters. The van der Waals surface area contributed by atoms with Crippen LogP contribution >= 0.6 is 0 Å². The van der Waals surface area contributed by atoms with E-state index in [1.54, 1.807) is 19.1 Å². The predicted molar refractivity (Wildman–Crippen MR) is 53.4 cm³/mol. The van der Waals surface area contributed by atoms with Crippen LogP contribution in [0.2, 0.25) is 0 Å². The van der Waals surface area contributed by atoms with E-state index in [2.05, 4.69) is 5.32 Å². The number of alkyl halides is 2. The topological polar surface area (TPSA) is 42.2 Å². The number of halogens is 2. The largest absolute Gasteiger partial charge is 0.456 e. The van der Waals surface area contributed by atoms with Gasteiger partial charge in [-0.05, 0) is 25.0 Å². The van der Waals surface area contributed by atoms with Gasteiger partial charge in [0, 0.05) is 19.4 Å². The SMILES string of the molecule is Cc1ccc(C(=O)NCC2CC(F)(F)C2)o1. The van der Waals surface area contributed by atoms with Crippen LogP contribution < -0.4 is 5.32 Å². The fourth-order valence-electron chi connectivity index (χ4n) is 1.81. The van der Waals surface area contributed by atoms with Crippen LogP contribution in [0.4, 0.5) is 8.78 Å². The summed E-state index contributed by atoms with van der Waals surface area (Å²) in [6.45, 7) is 2.03. The van der Waals surface area contributed by atoms with Crippen molar-refractivity contribution in [2.45, 2.75) is 25.7 Å². The number of hydrogen-bond donors (Lipinski definition) is 1. The highest BCUT2D eigenvalue weighted by atomic mass is 19.3. The molecule has 1 N–H and O–H groups in total. The second-order valence-corrected chi connectivity index (χ2v) is 4.25. The molecule has 3 nitrogen and oxygen atoms in total. The second-order valence-electron chi connectivity index (χ2n) is 4.25. The molecule has 0 aliphatic heterocycles. The smallest absolute Gasteiger partial charge is 0.287 e. The van der Waals surface area contributed by atoms with Gasteiger partial charge in [-0.3, -0.25) is 4.79 Å². The Balaban J connectivity index is 1.77. The first kappa shape index (κ1) is 11.1. The van der Waals surface area contributed by atoms with Crippen LogP contribution in [0.1, 0.15) is 29.2 Å². The van der Waals surface area contributed by atoms with E-state index < -0.39 is 5.92 Å². The van der Waals surface area contributed by atoms with E-state index in [0.717, 1.165) is 0 Å². The number of aryl methyl sites for hydroxylation is 1. The fraction of sp³-hybridized carbons (Fsp3) is 0.545. The van der Waals surface area contributed by atoms with E-state index in [-0.39, 0.29) is 37.0 Å². The van der Waals surface area contributed by atoms with E-state index in [4.69, 9.17) is 4.42 Å². The predicted octanol–water partition coefficient (Wildman–Crippen LogP) is 2.36. The number of rotatable bonds is 3. The first-order chi connectivity index (χ1) is 7.46. The minimum absolute atomic E-state index is 0.116. The van der Waals surface area contributed by atoms with Crippen LogP contribution in [0.3, 0.4) is 0 Å². The molecule has 0 spiro atoms. The van der Waals surface area contributed by atoms with Gasteiger partial charge < -0.3 is 9.73 Å². The third-order valence-corrected chi connectivity index (χ3v) is 2.69. The molecule has 0 saturated heterocycles. The summed E-state index contributed by atoms with van der Waals surface area (Å²) in [4.78, 5) is 11.5. The summed E-state index contributed by atoms with van der Waals surface area (Å²) >= 11 is 0. The van der Waals surface area contributed by atoms with Crippen molar-refractivity contribution in [1.82, 2.24) is 5.32 Å². The Morgan fingerprint density at radius 1 is 1.56 bits per heavy atom. The first-order valence-electron chi connectivity index (χ1n) is 5.19. The highest BCUT2D eigenvalue weighted by molar-refractivity contribution is 5.91. The third-order valence-electron chi connectivity index (χ3n) is 2.69. The minimum atomic E-state index is -2.53. The molecule has 1 fully saturated rings. The van der Waals surface area contributed by atoms with Crippen LogP contribution in [0.15, 0.2) is 16.5 Å². The average molecular weight is 229 g/mol. The van der Waals surface area contributed by atoms with E-state index in [0.29, 0.717) is 5.76 Å². The quantitative estimate of drug-likeness (QED) is 0.864. The Morgan fingerprint density at radius 3 is 2.75 bits per heavy atom. The third kappa shape index (κ3) is 2.40. The van der Waals surface area contributed by atoms with Gasteiger partial charge in [0.2, 0.25) is 5.92 Å². The Labute approximate surface area is 91.8 Å². The summed E-state index contributed by atoms with van der Waals surface area (Å²) in [5.41, 5.74) is 0. The zero-order valence-electron chi connectivity index (χ0n) is 8.93. The van der Waals surface area contributed by atoms with Crippen molar-refractivity contribution in [2.24, 2.45) is 5.92 Å². The first-order valence-corrected chi connectivity index (χ1v) is 5.19. The van der Waals surface area contributed by atoms with Gasteiger partial charge >= 0.3 is 0 Å². The molecular weight excluding hydrogens is 216 g/mol. The van der Waals surface area contributed by atoms with Crippen molar-refractivity contribution >= 4 is 5.91 Å². The van der Waals surface area contributed by atoms with E-state index in [1.807, 2.05) is 0 Å². The van der Waals surface area contributed by atoms with Gasteiger partial charge in [-0.15, -0.1) is 0 Å². The van der Waals surface area contributed by atoms with Crippen molar-refractivity contribution in [2.75, 3.05) is 6.54 Å². The summed E-state index contributed by atoms with van der Waals surface area (Å²) in [5.74, 6) is -2.11. The number of carbonyl (C=O) groups excluding carboxylic acids is 1. The maximum atomic E-state index is 12.5. The standard InChI is InChI=1S/C11H13F2NO2/c1-7-2-3-9(16-7)10(15)14-6-8-4-11(12,13)5-8/h2-3,8H,4-6H2,1H3,(H,14,15). The molecule has 88 valence electrons. The number of nitrogens with one attached hydrogen (secondary N) is 1. The van der Waals surface area contributed by atoms with Crippen LogP contribution in [-0.2, 0) is 0 Å². The van der Waals surface area contributed by atoms with Gasteiger partial charge in [-0.2, -0.15) is 0 Å². The minimum Gasteiger partial charge on any atom is -0.456 e. The van der Waals surface area contributed by atoms with E-state index >= 15 is 0 Å². The Hall–Kier alpha value is -1.39. The lowest BCUT2D eigenvalue weighted by atomic mass is 9.81. The second kappa shape index (κ2) is 3.88. The lowest BCUT2D eigenvalue weighted by Crippen LogP contribution is -2.42. The van der Waals surface area contributed by atoms with Crippen molar-refractivity contribution in [3.63, 3.8) is 0 Å². The molecule has 16 heavy (non-hydrogen) atoms. The molecule has 0 unspecified atom stereocenters. The van der Waals surface area contributed by atoms with Crippen molar-refractivity contribution in [3.8, 4) is 0 Å².